The van der Waals surface area contributed by atoms with Gasteiger partial charge in [-0.2, -0.15) is 11.3 Å². The summed E-state index contributed by atoms with van der Waals surface area (Å²) in [6.07, 6.45) is 0.433. The topological polar surface area (TPSA) is 71.4 Å². The lowest BCUT2D eigenvalue weighted by atomic mass is 10.1. The van der Waals surface area contributed by atoms with E-state index in [4.69, 9.17) is 5.11 Å². The average molecular weight is 310 g/mol. The van der Waals surface area contributed by atoms with Crippen LogP contribution in [0.2, 0.25) is 0 Å². The van der Waals surface area contributed by atoms with Crippen LogP contribution >= 0.6 is 11.3 Å². The van der Waals surface area contributed by atoms with E-state index in [0.717, 1.165) is 5.56 Å². The summed E-state index contributed by atoms with van der Waals surface area (Å²) in [7, 11) is -3.48. The molecular formula is C14H14O4S2. The molecule has 6 heteroatoms. The fourth-order valence-electron chi connectivity index (χ4n) is 1.87. The van der Waals surface area contributed by atoms with E-state index < -0.39 is 15.8 Å². The molecule has 0 aliphatic carbocycles. The number of carbonyl (C=O) groups is 1. The fraction of sp³-hybridized carbons (Fsp3) is 0.214. The zero-order valence-electron chi connectivity index (χ0n) is 10.9. The molecule has 0 unspecified atom stereocenters. The average Bonchev–Trinajstić information content (AvgIpc) is 2.89. The molecule has 1 heterocycles. The van der Waals surface area contributed by atoms with Crippen molar-refractivity contribution in [2.75, 3.05) is 5.75 Å². The molecule has 0 aliphatic rings. The third-order valence-corrected chi connectivity index (χ3v) is 5.59. The van der Waals surface area contributed by atoms with Gasteiger partial charge in [-0.1, -0.05) is 6.07 Å². The molecule has 1 aromatic heterocycles. The van der Waals surface area contributed by atoms with E-state index in [0.29, 0.717) is 12.0 Å². The highest BCUT2D eigenvalue weighted by atomic mass is 32.2. The third kappa shape index (κ3) is 3.26. The molecule has 106 valence electrons. The first-order valence-corrected chi connectivity index (χ1v) is 8.57. The molecular weight excluding hydrogens is 296 g/mol. The van der Waals surface area contributed by atoms with Crippen molar-refractivity contribution in [3.63, 3.8) is 0 Å². The van der Waals surface area contributed by atoms with E-state index in [1.54, 1.807) is 6.92 Å². The van der Waals surface area contributed by atoms with Crippen LogP contribution in [0, 0.1) is 6.92 Å². The van der Waals surface area contributed by atoms with Crippen molar-refractivity contribution in [1.29, 1.82) is 0 Å². The van der Waals surface area contributed by atoms with E-state index in [1.807, 2.05) is 16.8 Å². The number of carboxylic acid groups (broad SMARTS) is 1. The number of aryl methyl sites for hydroxylation is 2. The van der Waals surface area contributed by atoms with E-state index in [1.165, 1.54) is 29.5 Å². The highest BCUT2D eigenvalue weighted by molar-refractivity contribution is 7.91. The van der Waals surface area contributed by atoms with Crippen LogP contribution in [-0.4, -0.2) is 25.2 Å². The molecule has 2 rings (SSSR count). The van der Waals surface area contributed by atoms with Gasteiger partial charge in [0.2, 0.25) is 0 Å². The number of hydrogen-bond acceptors (Lipinski definition) is 4. The SMILES string of the molecule is Cc1ccc(C(=O)O)cc1S(=O)(=O)CCc1ccsc1. The van der Waals surface area contributed by atoms with Crippen LogP contribution < -0.4 is 0 Å². The van der Waals surface area contributed by atoms with Gasteiger partial charge in [0.05, 0.1) is 16.2 Å². The Bertz CT molecular complexity index is 716. The molecule has 20 heavy (non-hydrogen) atoms. The van der Waals surface area contributed by atoms with E-state index in [9.17, 15) is 13.2 Å². The van der Waals surface area contributed by atoms with Crippen LogP contribution in [0.15, 0.2) is 39.9 Å². The smallest absolute Gasteiger partial charge is 0.335 e. The summed E-state index contributed by atoms with van der Waals surface area (Å²) >= 11 is 1.52. The van der Waals surface area contributed by atoms with Gasteiger partial charge in [-0.15, -0.1) is 0 Å². The summed E-state index contributed by atoms with van der Waals surface area (Å²) in [4.78, 5) is 11.0. The highest BCUT2D eigenvalue weighted by Crippen LogP contribution is 2.20. The van der Waals surface area contributed by atoms with Gasteiger partial charge in [-0.25, -0.2) is 13.2 Å². The van der Waals surface area contributed by atoms with E-state index in [-0.39, 0.29) is 16.2 Å². The molecule has 0 fully saturated rings. The molecule has 0 radical (unpaired) electrons. The molecule has 4 nitrogen and oxygen atoms in total. The molecule has 2 aromatic rings. The van der Waals surface area contributed by atoms with Gasteiger partial charge in [-0.3, -0.25) is 0 Å². The number of benzene rings is 1. The molecule has 0 atom stereocenters. The van der Waals surface area contributed by atoms with Crippen LogP contribution in [-0.2, 0) is 16.3 Å². The highest BCUT2D eigenvalue weighted by Gasteiger charge is 2.19. The maximum absolute atomic E-state index is 12.3. The van der Waals surface area contributed by atoms with Crippen molar-refractivity contribution in [2.45, 2.75) is 18.2 Å². The van der Waals surface area contributed by atoms with Gasteiger partial charge in [0, 0.05) is 0 Å². The molecule has 0 aliphatic heterocycles. The predicted molar refractivity (Wildman–Crippen MR) is 78.2 cm³/mol. The summed E-state index contributed by atoms with van der Waals surface area (Å²) in [5.41, 5.74) is 1.54. The van der Waals surface area contributed by atoms with Gasteiger partial charge in [0.25, 0.3) is 0 Å². The Morgan fingerprint density at radius 3 is 2.65 bits per heavy atom. The van der Waals surface area contributed by atoms with Gasteiger partial charge in [0.15, 0.2) is 9.84 Å². The maximum Gasteiger partial charge on any atom is 0.335 e. The van der Waals surface area contributed by atoms with Crippen molar-refractivity contribution in [1.82, 2.24) is 0 Å². The first kappa shape index (κ1) is 14.7. The molecule has 0 bridgehead atoms. The van der Waals surface area contributed by atoms with Crippen molar-refractivity contribution in [3.8, 4) is 0 Å². The minimum absolute atomic E-state index is 0.00953. The van der Waals surface area contributed by atoms with Crippen LogP contribution in [0.3, 0.4) is 0 Å². The summed E-state index contributed by atoms with van der Waals surface area (Å²) in [6.45, 7) is 1.67. The molecule has 0 spiro atoms. The minimum atomic E-state index is -3.48. The number of sulfone groups is 1. The lowest BCUT2D eigenvalue weighted by Crippen LogP contribution is -2.11. The molecule has 1 aromatic carbocycles. The Balaban J connectivity index is 2.28. The maximum atomic E-state index is 12.3. The molecule has 0 saturated heterocycles. The Morgan fingerprint density at radius 2 is 2.05 bits per heavy atom. The lowest BCUT2D eigenvalue weighted by molar-refractivity contribution is 0.0696. The first-order valence-electron chi connectivity index (χ1n) is 5.98. The third-order valence-electron chi connectivity index (χ3n) is 3.01. The Hall–Kier alpha value is -1.66. The van der Waals surface area contributed by atoms with Gasteiger partial charge in [0.1, 0.15) is 0 Å². The van der Waals surface area contributed by atoms with Gasteiger partial charge >= 0.3 is 5.97 Å². The number of aromatic carboxylic acids is 1. The van der Waals surface area contributed by atoms with Crippen LogP contribution in [0.5, 0.6) is 0 Å². The van der Waals surface area contributed by atoms with Crippen molar-refractivity contribution >= 4 is 27.1 Å². The van der Waals surface area contributed by atoms with Crippen LogP contribution in [0.25, 0.3) is 0 Å². The van der Waals surface area contributed by atoms with Gasteiger partial charge < -0.3 is 5.11 Å². The zero-order chi connectivity index (χ0) is 14.8. The molecule has 1 N–H and O–H groups in total. The standard InChI is InChI=1S/C14H14O4S2/c1-10-2-3-12(14(15)16)8-13(10)20(17,18)7-5-11-4-6-19-9-11/h2-4,6,8-9H,5,7H2,1H3,(H,15,16). The first-order chi connectivity index (χ1) is 9.40. The van der Waals surface area contributed by atoms with E-state index >= 15 is 0 Å². The Morgan fingerprint density at radius 1 is 1.30 bits per heavy atom. The monoisotopic (exact) mass is 310 g/mol. The van der Waals surface area contributed by atoms with E-state index in [2.05, 4.69) is 0 Å². The fourth-order valence-corrected chi connectivity index (χ4v) is 4.16. The minimum Gasteiger partial charge on any atom is -0.478 e. The zero-order valence-corrected chi connectivity index (χ0v) is 12.5. The predicted octanol–water partition coefficient (Wildman–Crippen LogP) is 2.77. The van der Waals surface area contributed by atoms with Gasteiger partial charge in [-0.05, 0) is 53.4 Å². The van der Waals surface area contributed by atoms with Crippen LogP contribution in [0.1, 0.15) is 21.5 Å². The van der Waals surface area contributed by atoms with Crippen molar-refractivity contribution in [3.05, 3.63) is 51.7 Å². The second kappa shape index (κ2) is 5.76. The number of carboxylic acids is 1. The summed E-state index contributed by atoms with van der Waals surface area (Å²) < 4.78 is 24.7. The number of rotatable bonds is 5. The Kier molecular flexibility index (Phi) is 4.25. The normalized spacial score (nSPS) is 11.4. The molecule has 0 saturated carbocycles. The second-order valence-electron chi connectivity index (χ2n) is 4.49. The number of hydrogen-bond donors (Lipinski definition) is 1. The largest absolute Gasteiger partial charge is 0.478 e. The second-order valence-corrected chi connectivity index (χ2v) is 7.34. The van der Waals surface area contributed by atoms with Crippen LogP contribution in [0.4, 0.5) is 0 Å². The molecule has 0 amide bonds. The Labute approximate surface area is 121 Å². The quantitative estimate of drug-likeness (QED) is 0.921. The summed E-state index contributed by atoms with van der Waals surface area (Å²) in [5, 5.41) is 12.8. The number of thiophene rings is 1. The summed E-state index contributed by atoms with van der Waals surface area (Å²) in [6, 6.07) is 6.07. The van der Waals surface area contributed by atoms with Crippen molar-refractivity contribution in [2.24, 2.45) is 0 Å². The van der Waals surface area contributed by atoms with Crippen molar-refractivity contribution < 1.29 is 18.3 Å². The lowest BCUT2D eigenvalue weighted by Gasteiger charge is -2.08. The summed E-state index contributed by atoms with van der Waals surface area (Å²) in [5.74, 6) is -1.15.